The van der Waals surface area contributed by atoms with Gasteiger partial charge in [0.25, 0.3) is 5.69 Å². The summed E-state index contributed by atoms with van der Waals surface area (Å²) in [6.45, 7) is 0. The predicted octanol–water partition coefficient (Wildman–Crippen LogP) is 2.96. The number of non-ortho nitro benzene ring substituents is 1. The van der Waals surface area contributed by atoms with Gasteiger partial charge in [-0.25, -0.2) is 0 Å². The van der Waals surface area contributed by atoms with Gasteiger partial charge < -0.3 is 0 Å². The lowest BCUT2D eigenvalue weighted by atomic mass is 10.2. The number of rotatable bonds is 2. The number of halogens is 1. The molecule has 0 fully saturated rings. The number of nitro benzene ring substituents is 1. The van der Waals surface area contributed by atoms with Crippen LogP contribution in [0.25, 0.3) is 6.08 Å². The maximum Gasteiger partial charge on any atom is 0.269 e. The average Bonchev–Trinajstić information content (AvgIpc) is 2.06. The highest BCUT2D eigenvalue weighted by molar-refractivity contribution is 9.11. The normalized spacial score (nSPS) is 10.4. The lowest BCUT2D eigenvalue weighted by Crippen LogP contribution is -1.86. The number of benzene rings is 1. The molecule has 1 aromatic rings. The van der Waals surface area contributed by atoms with E-state index in [4.69, 9.17) is 0 Å². The van der Waals surface area contributed by atoms with E-state index in [1.54, 1.807) is 17.1 Å². The molecule has 0 aromatic heterocycles. The van der Waals surface area contributed by atoms with Crippen LogP contribution in [-0.2, 0) is 0 Å². The third-order valence-corrected chi connectivity index (χ3v) is 1.62. The zero-order chi connectivity index (χ0) is 8.97. The Hall–Kier alpha value is -1.16. The Bertz CT molecular complexity index is 305. The van der Waals surface area contributed by atoms with Gasteiger partial charge in [-0.3, -0.25) is 10.1 Å². The molecule has 4 heteroatoms. The molecule has 62 valence electrons. The minimum atomic E-state index is -0.415. The summed E-state index contributed by atoms with van der Waals surface area (Å²) in [5, 5.41) is 10.2. The summed E-state index contributed by atoms with van der Waals surface area (Å²) in [7, 11) is 0. The predicted molar refractivity (Wildman–Crippen MR) is 51.1 cm³/mol. The molecule has 0 bridgehead atoms. The second kappa shape index (κ2) is 4.01. The monoisotopic (exact) mass is 227 g/mol. The maximum atomic E-state index is 10.2. The van der Waals surface area contributed by atoms with Crippen molar-refractivity contribution in [3.63, 3.8) is 0 Å². The fourth-order valence-corrected chi connectivity index (χ4v) is 1.09. The van der Waals surface area contributed by atoms with E-state index in [9.17, 15) is 10.1 Å². The topological polar surface area (TPSA) is 43.1 Å². The van der Waals surface area contributed by atoms with Crippen LogP contribution in [0.4, 0.5) is 5.69 Å². The first-order valence-electron chi connectivity index (χ1n) is 3.25. The molecular formula is C8H6BrNO2. The zero-order valence-electron chi connectivity index (χ0n) is 6.11. The van der Waals surface area contributed by atoms with Gasteiger partial charge in [-0.05, 0) is 28.8 Å². The fourth-order valence-electron chi connectivity index (χ4n) is 0.780. The van der Waals surface area contributed by atoms with Crippen molar-refractivity contribution in [1.82, 2.24) is 0 Å². The second-order valence-corrected chi connectivity index (χ2v) is 2.67. The Labute approximate surface area is 78.0 Å². The third-order valence-electron chi connectivity index (χ3n) is 1.36. The van der Waals surface area contributed by atoms with Gasteiger partial charge >= 0.3 is 0 Å². The minimum Gasteiger partial charge on any atom is -0.258 e. The van der Waals surface area contributed by atoms with E-state index in [1.165, 1.54) is 12.1 Å². The minimum absolute atomic E-state index is 0.113. The summed E-state index contributed by atoms with van der Waals surface area (Å²) >= 11 is 3.12. The van der Waals surface area contributed by atoms with Crippen molar-refractivity contribution in [2.24, 2.45) is 0 Å². The molecule has 0 aliphatic carbocycles. The number of nitrogens with zero attached hydrogens (tertiary/aromatic N) is 1. The van der Waals surface area contributed by atoms with E-state index in [2.05, 4.69) is 15.9 Å². The van der Waals surface area contributed by atoms with Crippen molar-refractivity contribution in [3.8, 4) is 0 Å². The SMILES string of the molecule is O=[N+]([O-])c1ccc(/C=C\Br)cc1. The first-order valence-corrected chi connectivity index (χ1v) is 4.17. The summed E-state index contributed by atoms with van der Waals surface area (Å²) in [6.07, 6.45) is 1.81. The van der Waals surface area contributed by atoms with E-state index in [-0.39, 0.29) is 5.69 Å². The van der Waals surface area contributed by atoms with E-state index < -0.39 is 4.92 Å². The van der Waals surface area contributed by atoms with E-state index in [0.29, 0.717) is 0 Å². The highest BCUT2D eigenvalue weighted by Crippen LogP contribution is 2.12. The van der Waals surface area contributed by atoms with Crippen molar-refractivity contribution in [3.05, 3.63) is 44.9 Å². The highest BCUT2D eigenvalue weighted by atomic mass is 79.9. The molecule has 0 N–H and O–H groups in total. The summed E-state index contributed by atoms with van der Waals surface area (Å²) in [6, 6.07) is 6.33. The van der Waals surface area contributed by atoms with Gasteiger partial charge in [-0.2, -0.15) is 0 Å². The molecule has 0 amide bonds. The van der Waals surface area contributed by atoms with Crippen molar-refractivity contribution in [2.75, 3.05) is 0 Å². The Balaban J connectivity index is 2.93. The van der Waals surface area contributed by atoms with Crippen molar-refractivity contribution in [1.29, 1.82) is 0 Å². The van der Waals surface area contributed by atoms with Crippen LogP contribution in [0.15, 0.2) is 29.3 Å². The van der Waals surface area contributed by atoms with Gasteiger partial charge in [0.05, 0.1) is 4.92 Å². The van der Waals surface area contributed by atoms with Crippen LogP contribution in [0.1, 0.15) is 5.56 Å². The smallest absolute Gasteiger partial charge is 0.258 e. The van der Waals surface area contributed by atoms with Crippen LogP contribution in [0, 0.1) is 10.1 Å². The van der Waals surface area contributed by atoms with Crippen molar-refractivity contribution < 1.29 is 4.92 Å². The fraction of sp³-hybridized carbons (Fsp3) is 0. The standard InChI is InChI=1S/C8H6BrNO2/c9-6-5-7-1-3-8(4-2-7)10(11)12/h1-6H/b6-5-. The van der Waals surface area contributed by atoms with Gasteiger partial charge in [0.1, 0.15) is 0 Å². The average molecular weight is 228 g/mol. The molecule has 0 saturated heterocycles. The van der Waals surface area contributed by atoms with Gasteiger partial charge in [0, 0.05) is 12.1 Å². The molecule has 1 rings (SSSR count). The largest absolute Gasteiger partial charge is 0.269 e. The highest BCUT2D eigenvalue weighted by Gasteiger charge is 2.01. The molecule has 1 aromatic carbocycles. The third kappa shape index (κ3) is 2.17. The number of hydrogen-bond donors (Lipinski definition) is 0. The lowest BCUT2D eigenvalue weighted by molar-refractivity contribution is -0.384. The molecule has 0 aliphatic rings. The van der Waals surface area contributed by atoms with Gasteiger partial charge in [-0.15, -0.1) is 0 Å². The molecule has 0 atom stereocenters. The Morgan fingerprint density at radius 3 is 2.33 bits per heavy atom. The van der Waals surface area contributed by atoms with Crippen LogP contribution in [0.2, 0.25) is 0 Å². The maximum absolute atomic E-state index is 10.2. The first-order chi connectivity index (χ1) is 5.74. The van der Waals surface area contributed by atoms with E-state index in [1.807, 2.05) is 6.08 Å². The zero-order valence-corrected chi connectivity index (χ0v) is 7.69. The molecule has 0 radical (unpaired) electrons. The molecule has 0 aliphatic heterocycles. The van der Waals surface area contributed by atoms with Crippen LogP contribution in [0.5, 0.6) is 0 Å². The summed E-state index contributed by atoms with van der Waals surface area (Å²) in [4.78, 5) is 11.5. The van der Waals surface area contributed by atoms with E-state index >= 15 is 0 Å². The van der Waals surface area contributed by atoms with Crippen LogP contribution in [0.3, 0.4) is 0 Å². The molecule has 0 saturated carbocycles. The van der Waals surface area contributed by atoms with Gasteiger partial charge in [0.15, 0.2) is 0 Å². The molecule has 0 unspecified atom stereocenters. The second-order valence-electron chi connectivity index (χ2n) is 2.14. The van der Waals surface area contributed by atoms with E-state index in [0.717, 1.165) is 5.56 Å². The summed E-state index contributed by atoms with van der Waals surface area (Å²) in [5.41, 5.74) is 1.04. The Morgan fingerprint density at radius 1 is 1.33 bits per heavy atom. The van der Waals surface area contributed by atoms with Crippen molar-refractivity contribution >= 4 is 27.7 Å². The Kier molecular flexibility index (Phi) is 2.99. The molecule has 12 heavy (non-hydrogen) atoms. The molecular weight excluding hydrogens is 222 g/mol. The number of hydrogen-bond acceptors (Lipinski definition) is 2. The van der Waals surface area contributed by atoms with Crippen LogP contribution >= 0.6 is 15.9 Å². The molecule has 0 heterocycles. The van der Waals surface area contributed by atoms with Crippen molar-refractivity contribution in [2.45, 2.75) is 0 Å². The first kappa shape index (κ1) is 8.93. The van der Waals surface area contributed by atoms with Crippen LogP contribution < -0.4 is 0 Å². The summed E-state index contributed by atoms with van der Waals surface area (Å²) in [5.74, 6) is 0. The molecule has 3 nitrogen and oxygen atoms in total. The van der Waals surface area contributed by atoms with Gasteiger partial charge in [0.2, 0.25) is 0 Å². The van der Waals surface area contributed by atoms with Crippen LogP contribution in [-0.4, -0.2) is 4.92 Å². The van der Waals surface area contributed by atoms with Gasteiger partial charge in [-0.1, -0.05) is 15.9 Å². The Morgan fingerprint density at radius 2 is 1.92 bits per heavy atom. The number of nitro groups is 1. The quantitative estimate of drug-likeness (QED) is 0.576. The molecule has 0 spiro atoms. The summed E-state index contributed by atoms with van der Waals surface area (Å²) < 4.78 is 0. The lowest BCUT2D eigenvalue weighted by Gasteiger charge is -1.91.